The van der Waals surface area contributed by atoms with Crippen molar-refractivity contribution in [2.75, 3.05) is 12.4 Å². The number of hydrogen-bond acceptors (Lipinski definition) is 2. The van der Waals surface area contributed by atoms with Crippen LogP contribution in [0.3, 0.4) is 0 Å². The lowest BCUT2D eigenvalue weighted by Crippen LogP contribution is -2.13. The van der Waals surface area contributed by atoms with Crippen LogP contribution in [0.25, 0.3) is 0 Å². The number of halogens is 2. The van der Waals surface area contributed by atoms with Gasteiger partial charge in [-0.3, -0.25) is 0 Å². The van der Waals surface area contributed by atoms with E-state index in [2.05, 4.69) is 19.6 Å². The fraction of sp³-hybridized carbons (Fsp3) is 0.455. The van der Waals surface area contributed by atoms with Gasteiger partial charge in [-0.25, -0.2) is 4.39 Å². The molecule has 0 aliphatic carbocycles. The minimum Gasteiger partial charge on any atom is -0.490 e. The molecule has 0 heterocycles. The quantitative estimate of drug-likeness (QED) is 0.780. The van der Waals surface area contributed by atoms with Crippen LogP contribution in [0.5, 0.6) is 5.75 Å². The maximum Gasteiger partial charge on any atom is 0.183 e. The van der Waals surface area contributed by atoms with Gasteiger partial charge in [0.15, 0.2) is 11.6 Å². The van der Waals surface area contributed by atoms with Gasteiger partial charge >= 0.3 is 0 Å². The summed E-state index contributed by atoms with van der Waals surface area (Å²) in [5.74, 6) is 0.793. The van der Waals surface area contributed by atoms with Gasteiger partial charge in [0.05, 0.1) is 11.6 Å². The summed E-state index contributed by atoms with van der Waals surface area (Å²) in [5, 5.41) is 0.0893. The first-order chi connectivity index (χ1) is 7.19. The zero-order chi connectivity index (χ0) is 11.3. The zero-order valence-electron chi connectivity index (χ0n) is 8.54. The van der Waals surface area contributed by atoms with Gasteiger partial charge in [-0.15, -0.1) is 0 Å². The Hall–Kier alpha value is -0.410. The molecule has 0 saturated heterocycles. The van der Waals surface area contributed by atoms with Crippen LogP contribution in [0.1, 0.15) is 13.3 Å². The normalized spacial score (nSPS) is 12.5. The Kier molecular flexibility index (Phi) is 5.26. The first-order valence-corrected chi connectivity index (χ1v) is 5.87. The average molecular weight is 249 g/mol. The summed E-state index contributed by atoms with van der Waals surface area (Å²) < 4.78 is 18.7. The van der Waals surface area contributed by atoms with Crippen molar-refractivity contribution >= 4 is 24.2 Å². The Balaban J connectivity index is 2.61. The Morgan fingerprint density at radius 3 is 2.87 bits per heavy atom. The van der Waals surface area contributed by atoms with Crippen molar-refractivity contribution in [3.63, 3.8) is 0 Å². The van der Waals surface area contributed by atoms with Crippen molar-refractivity contribution < 1.29 is 9.13 Å². The summed E-state index contributed by atoms with van der Waals surface area (Å²) in [6.45, 7) is 2.52. The molecule has 1 unspecified atom stereocenters. The molecular formula is C11H14ClFOS. The third-order valence-electron chi connectivity index (χ3n) is 2.23. The topological polar surface area (TPSA) is 9.23 Å². The number of benzene rings is 1. The first-order valence-electron chi connectivity index (χ1n) is 4.86. The fourth-order valence-electron chi connectivity index (χ4n) is 1.10. The van der Waals surface area contributed by atoms with Gasteiger partial charge in [-0.05, 0) is 24.3 Å². The number of thiol groups is 1. The molecule has 0 bridgehead atoms. The summed E-state index contributed by atoms with van der Waals surface area (Å²) in [4.78, 5) is 0. The summed E-state index contributed by atoms with van der Waals surface area (Å²) in [6.07, 6.45) is 0.964. The molecule has 1 rings (SSSR count). The largest absolute Gasteiger partial charge is 0.490 e. The second-order valence-corrected chi connectivity index (χ2v) is 4.09. The highest BCUT2D eigenvalue weighted by Crippen LogP contribution is 2.24. The molecule has 1 aromatic rings. The smallest absolute Gasteiger partial charge is 0.183 e. The van der Waals surface area contributed by atoms with Crippen LogP contribution in [-0.4, -0.2) is 12.4 Å². The zero-order valence-corrected chi connectivity index (χ0v) is 10.2. The lowest BCUT2D eigenvalue weighted by Gasteiger charge is -2.13. The Bertz CT molecular complexity index is 315. The van der Waals surface area contributed by atoms with Gasteiger partial charge in [-0.1, -0.05) is 24.6 Å². The highest BCUT2D eigenvalue weighted by Gasteiger charge is 2.10. The summed E-state index contributed by atoms with van der Waals surface area (Å²) >= 11 is 9.82. The van der Waals surface area contributed by atoms with Crippen LogP contribution in [0.15, 0.2) is 18.2 Å². The molecule has 0 radical (unpaired) electrons. The second kappa shape index (κ2) is 6.23. The van der Waals surface area contributed by atoms with Gasteiger partial charge in [0.25, 0.3) is 0 Å². The van der Waals surface area contributed by atoms with Crippen molar-refractivity contribution in [2.24, 2.45) is 5.92 Å². The van der Waals surface area contributed by atoms with E-state index in [0.29, 0.717) is 12.5 Å². The van der Waals surface area contributed by atoms with E-state index < -0.39 is 5.82 Å². The minimum absolute atomic E-state index is 0.0893. The molecule has 1 atom stereocenters. The Morgan fingerprint density at radius 1 is 1.53 bits per heavy atom. The fourth-order valence-corrected chi connectivity index (χ4v) is 1.63. The van der Waals surface area contributed by atoms with Gasteiger partial charge in [0.2, 0.25) is 0 Å². The third kappa shape index (κ3) is 3.58. The van der Waals surface area contributed by atoms with E-state index in [-0.39, 0.29) is 10.8 Å². The maximum atomic E-state index is 13.4. The highest BCUT2D eigenvalue weighted by atomic mass is 35.5. The molecule has 0 aromatic heterocycles. The molecule has 4 heteroatoms. The molecule has 1 nitrogen and oxygen atoms in total. The van der Waals surface area contributed by atoms with Crippen LogP contribution in [0.2, 0.25) is 5.02 Å². The predicted octanol–water partition coefficient (Wildman–Crippen LogP) is 3.81. The molecular weight excluding hydrogens is 235 g/mol. The van der Waals surface area contributed by atoms with Crippen LogP contribution in [0.4, 0.5) is 4.39 Å². The maximum absolute atomic E-state index is 13.4. The summed E-state index contributed by atoms with van der Waals surface area (Å²) in [6, 6.07) is 4.74. The average Bonchev–Trinajstić information content (AvgIpc) is 2.25. The van der Waals surface area contributed by atoms with E-state index in [9.17, 15) is 4.39 Å². The SMILES string of the molecule is CCC(CS)COc1cccc(Cl)c1F. The first kappa shape index (κ1) is 12.7. The lowest BCUT2D eigenvalue weighted by molar-refractivity contribution is 0.249. The van der Waals surface area contributed by atoms with Gasteiger partial charge < -0.3 is 4.74 Å². The van der Waals surface area contributed by atoms with E-state index in [1.807, 2.05) is 0 Å². The molecule has 0 aliphatic heterocycles. The van der Waals surface area contributed by atoms with Crippen LogP contribution in [-0.2, 0) is 0 Å². The molecule has 15 heavy (non-hydrogen) atoms. The Morgan fingerprint density at radius 2 is 2.27 bits per heavy atom. The van der Waals surface area contributed by atoms with E-state index in [1.54, 1.807) is 12.1 Å². The monoisotopic (exact) mass is 248 g/mol. The Labute approximate surface area is 100.0 Å². The van der Waals surface area contributed by atoms with E-state index in [1.165, 1.54) is 6.07 Å². The minimum atomic E-state index is -0.492. The van der Waals surface area contributed by atoms with Crippen molar-refractivity contribution in [3.05, 3.63) is 29.0 Å². The standard InChI is InChI=1S/C11H14ClFOS/c1-2-8(7-15)6-14-10-5-3-4-9(12)11(10)13/h3-5,8,15H,2,6-7H2,1H3. The molecule has 0 N–H and O–H groups in total. The third-order valence-corrected chi connectivity index (χ3v) is 3.03. The van der Waals surface area contributed by atoms with Crippen LogP contribution >= 0.6 is 24.2 Å². The molecule has 1 aromatic carbocycles. The van der Waals surface area contributed by atoms with E-state index in [0.717, 1.165) is 12.2 Å². The van der Waals surface area contributed by atoms with Crippen molar-refractivity contribution in [3.8, 4) is 5.75 Å². The van der Waals surface area contributed by atoms with Crippen LogP contribution < -0.4 is 4.74 Å². The summed E-state index contributed by atoms with van der Waals surface area (Å²) in [5.41, 5.74) is 0. The summed E-state index contributed by atoms with van der Waals surface area (Å²) in [7, 11) is 0. The van der Waals surface area contributed by atoms with Gasteiger partial charge in [-0.2, -0.15) is 12.6 Å². The number of rotatable bonds is 5. The molecule has 0 amide bonds. The van der Waals surface area contributed by atoms with Crippen LogP contribution in [0, 0.1) is 11.7 Å². The molecule has 0 aliphatic rings. The lowest BCUT2D eigenvalue weighted by atomic mass is 10.1. The van der Waals surface area contributed by atoms with E-state index >= 15 is 0 Å². The van der Waals surface area contributed by atoms with Gasteiger partial charge in [0.1, 0.15) is 0 Å². The van der Waals surface area contributed by atoms with Crippen molar-refractivity contribution in [2.45, 2.75) is 13.3 Å². The second-order valence-electron chi connectivity index (χ2n) is 3.32. The predicted molar refractivity (Wildman–Crippen MR) is 64.5 cm³/mol. The van der Waals surface area contributed by atoms with Crippen molar-refractivity contribution in [1.29, 1.82) is 0 Å². The molecule has 0 saturated carbocycles. The number of hydrogen-bond donors (Lipinski definition) is 1. The van der Waals surface area contributed by atoms with Crippen molar-refractivity contribution in [1.82, 2.24) is 0 Å². The van der Waals surface area contributed by atoms with E-state index in [4.69, 9.17) is 16.3 Å². The molecule has 0 spiro atoms. The van der Waals surface area contributed by atoms with Gasteiger partial charge in [0, 0.05) is 5.92 Å². The highest BCUT2D eigenvalue weighted by molar-refractivity contribution is 7.80. The molecule has 0 fully saturated rings. The molecule has 84 valence electrons. The number of ether oxygens (including phenoxy) is 1.